The van der Waals surface area contributed by atoms with Crippen molar-refractivity contribution in [1.29, 1.82) is 0 Å². The molecule has 0 saturated heterocycles. The standard InChI is InChI=1S/C12H22O4.C2H2O2/c1-5-10(6-2)11(14)12(9-13,15-7-3)16-8-4;3-1-2-4/h9-10H,5-8H2,1-4H3;1-2H. The van der Waals surface area contributed by atoms with Crippen molar-refractivity contribution in [3.8, 4) is 0 Å². The molecule has 116 valence electrons. The first-order chi connectivity index (χ1) is 9.53. The fourth-order valence-corrected chi connectivity index (χ4v) is 1.68. The molecule has 6 nitrogen and oxygen atoms in total. The first kappa shape index (κ1) is 20.9. The Bertz CT molecular complexity index is 284. The molecular weight excluding hydrogens is 264 g/mol. The average Bonchev–Trinajstić information content (AvgIpc) is 2.48. The summed E-state index contributed by atoms with van der Waals surface area (Å²) in [5.74, 6) is -2.15. The minimum atomic E-state index is -1.69. The van der Waals surface area contributed by atoms with Gasteiger partial charge in [0.05, 0.1) is 0 Å². The van der Waals surface area contributed by atoms with Gasteiger partial charge in [-0.2, -0.15) is 0 Å². The zero-order valence-corrected chi connectivity index (χ0v) is 12.6. The molecule has 6 heteroatoms. The minimum absolute atomic E-state index is 0.191. The maximum atomic E-state index is 12.2. The van der Waals surface area contributed by atoms with Gasteiger partial charge in [0, 0.05) is 19.1 Å². The van der Waals surface area contributed by atoms with Crippen molar-refractivity contribution >= 4 is 24.6 Å². The van der Waals surface area contributed by atoms with Crippen LogP contribution in [0.25, 0.3) is 0 Å². The van der Waals surface area contributed by atoms with E-state index in [-0.39, 0.29) is 37.5 Å². The molecule has 0 unspecified atom stereocenters. The number of rotatable bonds is 10. The summed E-state index contributed by atoms with van der Waals surface area (Å²) >= 11 is 0. The van der Waals surface area contributed by atoms with E-state index in [1.807, 2.05) is 13.8 Å². The van der Waals surface area contributed by atoms with Crippen molar-refractivity contribution in [1.82, 2.24) is 0 Å². The highest BCUT2D eigenvalue weighted by Gasteiger charge is 2.42. The van der Waals surface area contributed by atoms with E-state index in [1.165, 1.54) is 0 Å². The van der Waals surface area contributed by atoms with E-state index in [9.17, 15) is 9.59 Å². The molecule has 0 radical (unpaired) electrons. The lowest BCUT2D eigenvalue weighted by molar-refractivity contribution is -0.216. The minimum Gasteiger partial charge on any atom is -0.338 e. The largest absolute Gasteiger partial charge is 0.338 e. The number of hydrogen-bond donors (Lipinski definition) is 0. The van der Waals surface area contributed by atoms with E-state index < -0.39 is 5.79 Å². The summed E-state index contributed by atoms with van der Waals surface area (Å²) < 4.78 is 10.5. The Labute approximate surface area is 119 Å². The molecule has 0 aromatic carbocycles. The van der Waals surface area contributed by atoms with E-state index in [4.69, 9.17) is 19.1 Å². The van der Waals surface area contributed by atoms with Gasteiger partial charge in [-0.05, 0) is 26.7 Å². The first-order valence-corrected chi connectivity index (χ1v) is 6.70. The van der Waals surface area contributed by atoms with Crippen molar-refractivity contribution in [2.75, 3.05) is 13.2 Å². The summed E-state index contributed by atoms with van der Waals surface area (Å²) in [5.41, 5.74) is 0. The van der Waals surface area contributed by atoms with Crippen molar-refractivity contribution in [3.63, 3.8) is 0 Å². The van der Waals surface area contributed by atoms with Crippen LogP contribution >= 0.6 is 0 Å². The number of Topliss-reactive ketones (excluding diaryl/α,β-unsaturated/α-hetero) is 1. The lowest BCUT2D eigenvalue weighted by atomic mass is 9.93. The summed E-state index contributed by atoms with van der Waals surface area (Å²) in [6, 6.07) is 0. The summed E-state index contributed by atoms with van der Waals surface area (Å²) in [5, 5.41) is 0. The lowest BCUT2D eigenvalue weighted by Gasteiger charge is -2.29. The predicted octanol–water partition coefficient (Wildman–Crippen LogP) is 1.34. The Morgan fingerprint density at radius 3 is 1.55 bits per heavy atom. The van der Waals surface area contributed by atoms with Crippen LogP contribution in [-0.2, 0) is 28.7 Å². The summed E-state index contributed by atoms with van der Waals surface area (Å²) in [6.07, 6.45) is 2.23. The fraction of sp³-hybridized carbons (Fsp3) is 0.714. The topological polar surface area (TPSA) is 86.7 Å². The van der Waals surface area contributed by atoms with Gasteiger partial charge in [-0.25, -0.2) is 0 Å². The monoisotopic (exact) mass is 288 g/mol. The van der Waals surface area contributed by atoms with Gasteiger partial charge in [0.15, 0.2) is 18.9 Å². The van der Waals surface area contributed by atoms with E-state index >= 15 is 0 Å². The average molecular weight is 288 g/mol. The molecule has 0 saturated carbocycles. The van der Waals surface area contributed by atoms with Crippen LogP contribution in [0, 0.1) is 5.92 Å². The Balaban J connectivity index is 0. The van der Waals surface area contributed by atoms with Crippen molar-refractivity contribution in [3.05, 3.63) is 0 Å². The third-order valence-corrected chi connectivity index (χ3v) is 2.63. The molecule has 0 atom stereocenters. The molecule has 0 fully saturated rings. The van der Waals surface area contributed by atoms with Gasteiger partial charge in [-0.3, -0.25) is 19.2 Å². The van der Waals surface area contributed by atoms with Gasteiger partial charge in [-0.15, -0.1) is 0 Å². The Morgan fingerprint density at radius 1 is 0.950 bits per heavy atom. The van der Waals surface area contributed by atoms with Crippen LogP contribution in [0.2, 0.25) is 0 Å². The second kappa shape index (κ2) is 12.6. The van der Waals surface area contributed by atoms with Crippen LogP contribution in [0.5, 0.6) is 0 Å². The van der Waals surface area contributed by atoms with E-state index in [0.717, 1.165) is 0 Å². The zero-order valence-electron chi connectivity index (χ0n) is 12.6. The summed E-state index contributed by atoms with van der Waals surface area (Å²) in [4.78, 5) is 40.9. The highest BCUT2D eigenvalue weighted by Crippen LogP contribution is 2.21. The molecule has 0 amide bonds. The number of carbonyl (C=O) groups is 4. The number of carbonyl (C=O) groups excluding carboxylic acids is 4. The van der Waals surface area contributed by atoms with Crippen LogP contribution < -0.4 is 0 Å². The molecule has 0 heterocycles. The Kier molecular flexibility index (Phi) is 13.2. The number of ketones is 1. The van der Waals surface area contributed by atoms with Gasteiger partial charge in [0.25, 0.3) is 5.79 Å². The lowest BCUT2D eigenvalue weighted by Crippen LogP contribution is -2.49. The maximum absolute atomic E-state index is 12.2. The second-order valence-electron chi connectivity index (χ2n) is 3.80. The van der Waals surface area contributed by atoms with Crippen molar-refractivity contribution < 1.29 is 28.7 Å². The molecule has 0 aliphatic carbocycles. The normalized spacial score (nSPS) is 10.4. The Hall–Kier alpha value is -1.40. The van der Waals surface area contributed by atoms with E-state index in [0.29, 0.717) is 19.1 Å². The molecule has 0 aliphatic heterocycles. The van der Waals surface area contributed by atoms with Gasteiger partial charge >= 0.3 is 0 Å². The third-order valence-electron chi connectivity index (χ3n) is 2.63. The molecule has 0 N–H and O–H groups in total. The molecule has 0 rings (SSSR count). The van der Waals surface area contributed by atoms with Crippen LogP contribution in [0.1, 0.15) is 40.5 Å². The van der Waals surface area contributed by atoms with Crippen LogP contribution in [0.4, 0.5) is 0 Å². The molecule has 0 aromatic heterocycles. The summed E-state index contributed by atoms with van der Waals surface area (Å²) in [6.45, 7) is 7.84. The number of ether oxygens (including phenoxy) is 2. The third kappa shape index (κ3) is 6.68. The molecule has 0 bridgehead atoms. The van der Waals surface area contributed by atoms with E-state index in [2.05, 4.69) is 0 Å². The maximum Gasteiger partial charge on any atom is 0.287 e. The zero-order chi connectivity index (χ0) is 16.0. The van der Waals surface area contributed by atoms with Crippen LogP contribution in [0.3, 0.4) is 0 Å². The van der Waals surface area contributed by atoms with Crippen LogP contribution in [-0.4, -0.2) is 43.6 Å². The second-order valence-corrected chi connectivity index (χ2v) is 3.80. The highest BCUT2D eigenvalue weighted by molar-refractivity contribution is 6.09. The number of hydrogen-bond acceptors (Lipinski definition) is 6. The molecule has 0 aromatic rings. The highest BCUT2D eigenvalue weighted by atomic mass is 16.7. The molecule has 0 aliphatic rings. The molecular formula is C14H24O6. The molecule has 20 heavy (non-hydrogen) atoms. The fourth-order valence-electron chi connectivity index (χ4n) is 1.68. The first-order valence-electron chi connectivity index (χ1n) is 6.70. The van der Waals surface area contributed by atoms with E-state index in [1.54, 1.807) is 13.8 Å². The van der Waals surface area contributed by atoms with Crippen molar-refractivity contribution in [2.24, 2.45) is 5.92 Å². The van der Waals surface area contributed by atoms with Gasteiger partial charge in [0.2, 0.25) is 5.78 Å². The number of aldehydes is 3. The van der Waals surface area contributed by atoms with Gasteiger partial charge in [-0.1, -0.05) is 13.8 Å². The predicted molar refractivity (Wildman–Crippen MR) is 73.3 cm³/mol. The Morgan fingerprint density at radius 2 is 1.35 bits per heavy atom. The van der Waals surface area contributed by atoms with Gasteiger partial charge in [0.1, 0.15) is 0 Å². The SMILES string of the molecule is CCOC(C=O)(OCC)C(=O)C(CC)CC.O=CC=O. The summed E-state index contributed by atoms with van der Waals surface area (Å²) in [7, 11) is 0. The van der Waals surface area contributed by atoms with Gasteiger partial charge < -0.3 is 9.47 Å². The molecule has 0 spiro atoms. The van der Waals surface area contributed by atoms with Crippen LogP contribution in [0.15, 0.2) is 0 Å². The smallest absolute Gasteiger partial charge is 0.287 e. The van der Waals surface area contributed by atoms with Crippen molar-refractivity contribution in [2.45, 2.75) is 46.3 Å². The quantitative estimate of drug-likeness (QED) is 0.261.